The predicted octanol–water partition coefficient (Wildman–Crippen LogP) is 2.99. The van der Waals surface area contributed by atoms with E-state index in [1.165, 1.54) is 36.8 Å². The molecule has 0 aliphatic heterocycles. The summed E-state index contributed by atoms with van der Waals surface area (Å²) < 4.78 is 0. The first-order valence-electron chi connectivity index (χ1n) is 7.87. The maximum absolute atomic E-state index is 12.5. The fraction of sp³-hybridized carbons (Fsp3) is 0.588. The van der Waals surface area contributed by atoms with Crippen molar-refractivity contribution in [2.75, 3.05) is 6.54 Å². The largest absolute Gasteiger partial charge is 0.345 e. The van der Waals surface area contributed by atoms with Crippen LogP contribution in [0, 0.1) is 0 Å². The van der Waals surface area contributed by atoms with Gasteiger partial charge in [0.05, 0.1) is 5.54 Å². The zero-order valence-corrected chi connectivity index (χ0v) is 13.3. The van der Waals surface area contributed by atoms with Gasteiger partial charge < -0.3 is 11.1 Å². The Kier molecular flexibility index (Phi) is 5.28. The van der Waals surface area contributed by atoms with Gasteiger partial charge in [0.1, 0.15) is 0 Å². The molecule has 3 rings (SSSR count). The van der Waals surface area contributed by atoms with Crippen LogP contribution in [0.3, 0.4) is 0 Å². The van der Waals surface area contributed by atoms with Gasteiger partial charge in [-0.05, 0) is 61.8 Å². The van der Waals surface area contributed by atoms with Crippen molar-refractivity contribution in [2.24, 2.45) is 5.73 Å². The molecule has 3 nitrogen and oxygen atoms in total. The summed E-state index contributed by atoms with van der Waals surface area (Å²) in [4.78, 5) is 12.5. The van der Waals surface area contributed by atoms with Crippen LogP contribution in [-0.2, 0) is 12.8 Å². The van der Waals surface area contributed by atoms with E-state index < -0.39 is 0 Å². The molecule has 0 saturated heterocycles. The van der Waals surface area contributed by atoms with Crippen molar-refractivity contribution < 1.29 is 4.79 Å². The van der Waals surface area contributed by atoms with E-state index in [9.17, 15) is 4.79 Å². The summed E-state index contributed by atoms with van der Waals surface area (Å²) >= 11 is 0. The van der Waals surface area contributed by atoms with E-state index in [4.69, 9.17) is 5.73 Å². The lowest BCUT2D eigenvalue weighted by Gasteiger charge is -2.29. The highest BCUT2D eigenvalue weighted by molar-refractivity contribution is 5.95. The molecule has 2 aliphatic rings. The fourth-order valence-electron chi connectivity index (χ4n) is 3.62. The number of nitrogens with one attached hydrogen (secondary N) is 1. The van der Waals surface area contributed by atoms with Gasteiger partial charge in [-0.2, -0.15) is 0 Å². The molecule has 0 aromatic heterocycles. The molecule has 1 amide bonds. The van der Waals surface area contributed by atoms with Crippen LogP contribution in [-0.4, -0.2) is 18.0 Å². The zero-order valence-electron chi connectivity index (χ0n) is 12.5. The highest BCUT2D eigenvalue weighted by Gasteiger charge is 2.34. The number of fused-ring (bicyclic) bond motifs is 1. The van der Waals surface area contributed by atoms with Crippen molar-refractivity contribution in [1.29, 1.82) is 0 Å². The molecule has 0 atom stereocenters. The van der Waals surface area contributed by atoms with Crippen molar-refractivity contribution in [3.63, 3.8) is 0 Å². The van der Waals surface area contributed by atoms with E-state index in [0.29, 0.717) is 6.54 Å². The smallest absolute Gasteiger partial charge is 0.251 e. The molecular weight excluding hydrogens is 284 g/mol. The topological polar surface area (TPSA) is 55.1 Å². The normalized spacial score (nSPS) is 19.5. The standard InChI is InChI=1S/C17H24N2O.ClH/c18-12-17(9-3-4-10-17)19-16(20)15-8-7-13-5-1-2-6-14(13)11-15;/h7-8,11H,1-6,9-10,12,18H2,(H,19,20);1H. The number of hydrogen-bond donors (Lipinski definition) is 2. The number of amides is 1. The zero-order chi connectivity index (χ0) is 14.0. The molecule has 3 N–H and O–H groups in total. The lowest BCUT2D eigenvalue weighted by Crippen LogP contribution is -2.51. The summed E-state index contributed by atoms with van der Waals surface area (Å²) in [6.45, 7) is 0.545. The maximum Gasteiger partial charge on any atom is 0.251 e. The maximum atomic E-state index is 12.5. The van der Waals surface area contributed by atoms with Crippen molar-refractivity contribution >= 4 is 18.3 Å². The number of nitrogens with two attached hydrogens (primary N) is 1. The first-order valence-corrected chi connectivity index (χ1v) is 7.87. The van der Waals surface area contributed by atoms with Crippen molar-refractivity contribution in [1.82, 2.24) is 5.32 Å². The van der Waals surface area contributed by atoms with E-state index in [2.05, 4.69) is 17.4 Å². The summed E-state index contributed by atoms with van der Waals surface area (Å²) in [6.07, 6.45) is 9.14. The van der Waals surface area contributed by atoms with Crippen LogP contribution in [0.1, 0.15) is 60.0 Å². The fourth-order valence-corrected chi connectivity index (χ4v) is 3.62. The molecule has 0 heterocycles. The molecule has 1 saturated carbocycles. The van der Waals surface area contributed by atoms with E-state index >= 15 is 0 Å². The van der Waals surface area contributed by atoms with Crippen LogP contribution in [0.2, 0.25) is 0 Å². The number of carbonyl (C=O) groups excluding carboxylic acids is 1. The molecule has 0 radical (unpaired) electrons. The summed E-state index contributed by atoms with van der Waals surface area (Å²) in [5, 5.41) is 3.20. The average Bonchev–Trinajstić information content (AvgIpc) is 2.96. The van der Waals surface area contributed by atoms with Gasteiger partial charge in [0, 0.05) is 12.1 Å². The first-order chi connectivity index (χ1) is 9.72. The molecule has 0 unspecified atom stereocenters. The SMILES string of the molecule is Cl.NCC1(NC(=O)c2ccc3c(c2)CCCC3)CCCC1. The highest BCUT2D eigenvalue weighted by Crippen LogP contribution is 2.29. The minimum atomic E-state index is -0.160. The minimum absolute atomic E-state index is 0. The van der Waals surface area contributed by atoms with E-state index in [0.717, 1.165) is 31.2 Å². The lowest BCUT2D eigenvalue weighted by atomic mass is 9.90. The van der Waals surface area contributed by atoms with Crippen molar-refractivity contribution in [2.45, 2.75) is 56.9 Å². The molecule has 2 aliphatic carbocycles. The van der Waals surface area contributed by atoms with E-state index in [-0.39, 0.29) is 23.9 Å². The van der Waals surface area contributed by atoms with E-state index in [1.807, 2.05) is 6.07 Å². The Balaban J connectivity index is 0.00000161. The third-order valence-corrected chi connectivity index (χ3v) is 4.94. The second-order valence-corrected chi connectivity index (χ2v) is 6.34. The Hall–Kier alpha value is -1.06. The van der Waals surface area contributed by atoms with Crippen molar-refractivity contribution in [3.05, 3.63) is 34.9 Å². The Bertz CT molecular complexity index is 510. The van der Waals surface area contributed by atoms with Crippen molar-refractivity contribution in [3.8, 4) is 0 Å². The second-order valence-electron chi connectivity index (χ2n) is 6.34. The van der Waals surface area contributed by atoms with Gasteiger partial charge in [-0.1, -0.05) is 18.9 Å². The van der Waals surface area contributed by atoms with Crippen LogP contribution >= 0.6 is 12.4 Å². The van der Waals surface area contributed by atoms with Gasteiger partial charge in [0.2, 0.25) is 0 Å². The Morgan fingerprint density at radius 1 is 1.10 bits per heavy atom. The van der Waals surface area contributed by atoms with Crippen LogP contribution in [0.5, 0.6) is 0 Å². The number of benzene rings is 1. The second kappa shape index (κ2) is 6.80. The number of carbonyl (C=O) groups is 1. The van der Waals surface area contributed by atoms with Crippen LogP contribution in [0.25, 0.3) is 0 Å². The highest BCUT2D eigenvalue weighted by atomic mass is 35.5. The average molecular weight is 309 g/mol. The van der Waals surface area contributed by atoms with Crippen LogP contribution in [0.15, 0.2) is 18.2 Å². The molecule has 0 bridgehead atoms. The Morgan fingerprint density at radius 3 is 2.43 bits per heavy atom. The Morgan fingerprint density at radius 2 is 1.76 bits per heavy atom. The third-order valence-electron chi connectivity index (χ3n) is 4.94. The summed E-state index contributed by atoms with van der Waals surface area (Å²) in [5.74, 6) is 0.0470. The first kappa shape index (κ1) is 16.3. The molecule has 1 aromatic rings. The van der Waals surface area contributed by atoms with Crippen LogP contribution in [0.4, 0.5) is 0 Å². The monoisotopic (exact) mass is 308 g/mol. The third kappa shape index (κ3) is 3.41. The molecule has 116 valence electrons. The van der Waals surface area contributed by atoms with Crippen LogP contribution < -0.4 is 11.1 Å². The number of hydrogen-bond acceptors (Lipinski definition) is 2. The number of aryl methyl sites for hydroxylation is 2. The number of halogens is 1. The summed E-state index contributed by atoms with van der Waals surface area (Å²) in [7, 11) is 0. The molecular formula is C17H25ClN2O. The molecule has 4 heteroatoms. The van der Waals surface area contributed by atoms with Gasteiger partial charge in [0.15, 0.2) is 0 Å². The molecule has 21 heavy (non-hydrogen) atoms. The van der Waals surface area contributed by atoms with Gasteiger partial charge >= 0.3 is 0 Å². The minimum Gasteiger partial charge on any atom is -0.345 e. The van der Waals surface area contributed by atoms with E-state index in [1.54, 1.807) is 0 Å². The predicted molar refractivity (Wildman–Crippen MR) is 88.1 cm³/mol. The van der Waals surface area contributed by atoms with Gasteiger partial charge in [0.25, 0.3) is 5.91 Å². The van der Waals surface area contributed by atoms with Gasteiger partial charge in [-0.15, -0.1) is 12.4 Å². The van der Waals surface area contributed by atoms with Gasteiger partial charge in [-0.3, -0.25) is 4.79 Å². The quantitative estimate of drug-likeness (QED) is 0.902. The lowest BCUT2D eigenvalue weighted by molar-refractivity contribution is 0.0903. The molecule has 0 spiro atoms. The summed E-state index contributed by atoms with van der Waals surface area (Å²) in [6, 6.07) is 6.19. The molecule has 1 aromatic carbocycles. The van der Waals surface area contributed by atoms with Gasteiger partial charge in [-0.25, -0.2) is 0 Å². The Labute approximate surface area is 133 Å². The summed E-state index contributed by atoms with van der Waals surface area (Å²) in [5.41, 5.74) is 9.31. The number of rotatable bonds is 3. The molecule has 1 fully saturated rings.